The van der Waals surface area contributed by atoms with Crippen LogP contribution in [0.3, 0.4) is 0 Å². The van der Waals surface area contributed by atoms with Crippen LogP contribution in [0.2, 0.25) is 5.02 Å². The summed E-state index contributed by atoms with van der Waals surface area (Å²) in [6.45, 7) is 0.516. The number of methoxy groups -OCH3 is 1. The van der Waals surface area contributed by atoms with Gasteiger partial charge in [0.2, 0.25) is 5.95 Å². The number of hydrogen-bond donors (Lipinski definition) is 5. The van der Waals surface area contributed by atoms with Gasteiger partial charge in [0.25, 0.3) is 5.91 Å². The molecule has 5 rings (SSSR count). The molecule has 10 nitrogen and oxygen atoms in total. The molecule has 0 saturated carbocycles. The number of hydrogen-bond acceptors (Lipinski definition) is 6. The fourth-order valence-electron chi connectivity index (χ4n) is 3.99. The minimum Gasteiger partial charge on any atom is -0.493 e. The van der Waals surface area contributed by atoms with Crippen molar-refractivity contribution in [3.63, 3.8) is 0 Å². The van der Waals surface area contributed by atoms with Crippen LogP contribution in [0.15, 0.2) is 60.8 Å². The molecule has 36 heavy (non-hydrogen) atoms. The number of fused-ring (bicyclic) bond motifs is 1. The molecule has 0 aliphatic carbocycles. The predicted molar refractivity (Wildman–Crippen MR) is 138 cm³/mol. The Kier molecular flexibility index (Phi) is 6.42. The fraction of sp³-hybridized carbons (Fsp3) is 0.120. The van der Waals surface area contributed by atoms with E-state index in [4.69, 9.17) is 16.3 Å². The molecule has 3 amide bonds. The predicted octanol–water partition coefficient (Wildman–Crippen LogP) is 4.81. The number of benzene rings is 2. The summed E-state index contributed by atoms with van der Waals surface area (Å²) in [4.78, 5) is 37.3. The number of carbonyl (C=O) groups is 2. The van der Waals surface area contributed by atoms with Crippen molar-refractivity contribution >= 4 is 46.5 Å². The average molecular weight is 504 g/mol. The van der Waals surface area contributed by atoms with Crippen LogP contribution in [0, 0.1) is 0 Å². The maximum atomic E-state index is 12.8. The molecule has 0 radical (unpaired) electrons. The van der Waals surface area contributed by atoms with E-state index in [1.54, 1.807) is 36.4 Å². The van der Waals surface area contributed by atoms with Crippen molar-refractivity contribution < 1.29 is 14.3 Å². The van der Waals surface area contributed by atoms with Crippen molar-refractivity contribution in [1.29, 1.82) is 0 Å². The van der Waals surface area contributed by atoms with Crippen LogP contribution >= 0.6 is 11.6 Å². The monoisotopic (exact) mass is 503 g/mol. The number of halogens is 1. The molecule has 1 aliphatic heterocycles. The number of carbonyl (C=O) groups excluding carboxylic acids is 2. The number of aromatic amines is 1. The minimum absolute atomic E-state index is 0.101. The highest BCUT2D eigenvalue weighted by Gasteiger charge is 2.28. The van der Waals surface area contributed by atoms with E-state index in [-0.39, 0.29) is 11.9 Å². The number of nitrogens with zero attached hydrogens (tertiary/aromatic N) is 2. The second-order valence-electron chi connectivity index (χ2n) is 7.89. The van der Waals surface area contributed by atoms with E-state index >= 15 is 0 Å². The molecule has 0 unspecified atom stereocenters. The van der Waals surface area contributed by atoms with E-state index in [1.165, 1.54) is 13.3 Å². The van der Waals surface area contributed by atoms with Crippen LogP contribution in [0.5, 0.6) is 5.75 Å². The van der Waals surface area contributed by atoms with Gasteiger partial charge in [-0.15, -0.1) is 0 Å². The number of nitrogens with one attached hydrogen (secondary N) is 5. The van der Waals surface area contributed by atoms with Gasteiger partial charge < -0.3 is 25.7 Å². The van der Waals surface area contributed by atoms with Gasteiger partial charge in [0.05, 0.1) is 40.5 Å². The Morgan fingerprint density at radius 1 is 1.08 bits per heavy atom. The van der Waals surface area contributed by atoms with E-state index in [2.05, 4.69) is 36.2 Å². The van der Waals surface area contributed by atoms with Crippen LogP contribution < -0.4 is 26.0 Å². The highest BCUT2D eigenvalue weighted by Crippen LogP contribution is 2.40. The lowest BCUT2D eigenvalue weighted by molar-refractivity contribution is 0.0947. The smallest absolute Gasteiger partial charge is 0.326 e. The Hall–Kier alpha value is -4.57. The molecule has 0 spiro atoms. The zero-order chi connectivity index (χ0) is 25.1. The second kappa shape index (κ2) is 9.96. The lowest BCUT2D eigenvalue weighted by Crippen LogP contribution is -2.31. The molecule has 0 saturated heterocycles. The van der Waals surface area contributed by atoms with E-state index in [0.29, 0.717) is 57.8 Å². The Balaban J connectivity index is 1.50. The van der Waals surface area contributed by atoms with Crippen LogP contribution in [-0.2, 0) is 6.42 Å². The Bertz CT molecular complexity index is 1440. The van der Waals surface area contributed by atoms with Crippen molar-refractivity contribution in [3.8, 4) is 17.1 Å². The molecule has 2 aromatic carbocycles. The number of amides is 3. The summed E-state index contributed by atoms with van der Waals surface area (Å²) in [6.07, 6.45) is 2.15. The van der Waals surface area contributed by atoms with Gasteiger partial charge in [-0.2, -0.15) is 0 Å². The van der Waals surface area contributed by atoms with Gasteiger partial charge in [-0.05, 0) is 30.3 Å². The molecule has 4 aromatic rings. The summed E-state index contributed by atoms with van der Waals surface area (Å²) >= 11 is 6.31. The number of rotatable bonds is 6. The number of para-hydroxylation sites is 2. The maximum Gasteiger partial charge on any atom is 0.326 e. The molecule has 0 atom stereocenters. The third kappa shape index (κ3) is 4.66. The quantitative estimate of drug-likeness (QED) is 0.256. The second-order valence-corrected chi connectivity index (χ2v) is 8.30. The largest absolute Gasteiger partial charge is 0.493 e. The number of aromatic nitrogens is 3. The van der Waals surface area contributed by atoms with Crippen molar-refractivity contribution in [2.24, 2.45) is 0 Å². The highest BCUT2D eigenvalue weighted by molar-refractivity contribution is 6.32. The standard InChI is InChI=1S/C25H22ClN7O3/c1-36-22-15(26)8-5-9-18(22)31-21-19-16(10-12-27-23(19)34)30-20(21)17-11-13-28-24(32-17)33-25(35)29-14-6-3-2-4-7-14/h2-9,11,13,30-31H,10,12H2,1H3,(H,27,34)(H2,28,29,32,33,35). The van der Waals surface area contributed by atoms with Crippen LogP contribution in [0.25, 0.3) is 11.4 Å². The minimum atomic E-state index is -0.481. The lowest BCUT2D eigenvalue weighted by atomic mass is 10.1. The van der Waals surface area contributed by atoms with E-state index in [0.717, 1.165) is 5.69 Å². The fourth-order valence-corrected chi connectivity index (χ4v) is 4.24. The third-order valence-electron chi connectivity index (χ3n) is 5.56. The molecule has 0 fully saturated rings. The molecule has 2 aromatic heterocycles. The van der Waals surface area contributed by atoms with Gasteiger partial charge >= 0.3 is 6.03 Å². The first-order chi connectivity index (χ1) is 17.5. The topological polar surface area (TPSA) is 133 Å². The van der Waals surface area contributed by atoms with Gasteiger partial charge in [0, 0.05) is 30.5 Å². The first kappa shape index (κ1) is 23.2. The molecule has 182 valence electrons. The highest BCUT2D eigenvalue weighted by atomic mass is 35.5. The molecule has 1 aliphatic rings. The molecule has 3 heterocycles. The molecular weight excluding hydrogens is 482 g/mol. The summed E-state index contributed by atoms with van der Waals surface area (Å²) in [5, 5.41) is 12.0. The van der Waals surface area contributed by atoms with Crippen LogP contribution in [-0.4, -0.2) is 40.5 Å². The van der Waals surface area contributed by atoms with Gasteiger partial charge in [0.15, 0.2) is 5.75 Å². The van der Waals surface area contributed by atoms with E-state index in [1.807, 2.05) is 18.2 Å². The maximum absolute atomic E-state index is 12.8. The van der Waals surface area contributed by atoms with E-state index < -0.39 is 6.03 Å². The van der Waals surface area contributed by atoms with Crippen molar-refractivity contribution in [2.75, 3.05) is 29.6 Å². The molecule has 0 bridgehead atoms. The van der Waals surface area contributed by atoms with Crippen LogP contribution in [0.1, 0.15) is 16.1 Å². The molecule has 11 heteroatoms. The van der Waals surface area contributed by atoms with Gasteiger partial charge in [-0.25, -0.2) is 14.8 Å². The van der Waals surface area contributed by atoms with Crippen molar-refractivity contribution in [3.05, 3.63) is 77.1 Å². The first-order valence-electron chi connectivity index (χ1n) is 11.1. The number of anilines is 4. The van der Waals surface area contributed by atoms with Gasteiger partial charge in [0.1, 0.15) is 0 Å². The van der Waals surface area contributed by atoms with Crippen molar-refractivity contribution in [2.45, 2.75) is 6.42 Å². The Morgan fingerprint density at radius 3 is 2.72 bits per heavy atom. The molecule has 5 N–H and O–H groups in total. The Morgan fingerprint density at radius 2 is 1.92 bits per heavy atom. The summed E-state index contributed by atoms with van der Waals surface area (Å²) < 4.78 is 5.47. The zero-order valence-electron chi connectivity index (χ0n) is 19.2. The number of H-pyrrole nitrogens is 1. The summed E-state index contributed by atoms with van der Waals surface area (Å²) in [5.74, 6) is 0.333. The number of ether oxygens (including phenoxy) is 1. The summed E-state index contributed by atoms with van der Waals surface area (Å²) in [7, 11) is 1.52. The zero-order valence-corrected chi connectivity index (χ0v) is 19.9. The summed E-state index contributed by atoms with van der Waals surface area (Å²) in [6, 6.07) is 15.5. The lowest BCUT2D eigenvalue weighted by Gasteiger charge is -2.17. The van der Waals surface area contributed by atoms with Gasteiger partial charge in [-0.1, -0.05) is 35.9 Å². The average Bonchev–Trinajstić information content (AvgIpc) is 3.24. The van der Waals surface area contributed by atoms with E-state index in [9.17, 15) is 9.59 Å². The normalized spacial score (nSPS) is 12.3. The van der Waals surface area contributed by atoms with Crippen molar-refractivity contribution in [1.82, 2.24) is 20.3 Å². The Labute approximate surface area is 211 Å². The first-order valence-corrected chi connectivity index (χ1v) is 11.5. The third-order valence-corrected chi connectivity index (χ3v) is 5.86. The molecular formula is C25H22ClN7O3. The van der Waals surface area contributed by atoms with Gasteiger partial charge in [-0.3, -0.25) is 10.1 Å². The summed E-state index contributed by atoms with van der Waals surface area (Å²) in [5.41, 5.74) is 4.03. The number of urea groups is 1. The van der Waals surface area contributed by atoms with Crippen LogP contribution in [0.4, 0.5) is 27.8 Å². The SMILES string of the molecule is COc1c(Cl)cccc1Nc1c(-c2ccnc(NC(=O)Nc3ccccc3)n2)[nH]c2c1C(=O)NCC2.